The molecule has 0 radical (unpaired) electrons. The molecule has 0 fully saturated rings. The molecule has 84 valence electrons. The Morgan fingerprint density at radius 3 is 2.67 bits per heavy atom. The maximum absolute atomic E-state index is 13.0. The van der Waals surface area contributed by atoms with Crippen molar-refractivity contribution in [3.63, 3.8) is 0 Å². The second-order valence-electron chi connectivity index (χ2n) is 3.96. The van der Waals surface area contributed by atoms with Gasteiger partial charge in [-0.2, -0.15) is 0 Å². The summed E-state index contributed by atoms with van der Waals surface area (Å²) in [5.74, 6) is 5.64. The van der Waals surface area contributed by atoms with Crippen LogP contribution in [0.15, 0.2) is 22.7 Å². The molecule has 0 heterocycles. The topological polar surface area (TPSA) is 38.0 Å². The molecule has 15 heavy (non-hydrogen) atoms. The zero-order chi connectivity index (χ0) is 11.4. The van der Waals surface area contributed by atoms with Crippen molar-refractivity contribution >= 4 is 15.9 Å². The van der Waals surface area contributed by atoms with Gasteiger partial charge in [-0.1, -0.05) is 29.8 Å². The minimum atomic E-state index is -0.215. The molecule has 0 saturated carbocycles. The Kier molecular flexibility index (Phi) is 4.70. The molecule has 1 atom stereocenters. The monoisotopic (exact) mass is 274 g/mol. The highest BCUT2D eigenvalue weighted by Crippen LogP contribution is 2.20. The van der Waals surface area contributed by atoms with Crippen molar-refractivity contribution in [1.29, 1.82) is 0 Å². The Balaban J connectivity index is 2.82. The van der Waals surface area contributed by atoms with E-state index >= 15 is 0 Å². The van der Waals surface area contributed by atoms with Crippen LogP contribution in [0.3, 0.4) is 0 Å². The van der Waals surface area contributed by atoms with Gasteiger partial charge in [0.25, 0.3) is 0 Å². The number of hydrogen-bond acceptors (Lipinski definition) is 2. The van der Waals surface area contributed by atoms with E-state index in [9.17, 15) is 4.39 Å². The Labute approximate surface area is 98.1 Å². The van der Waals surface area contributed by atoms with Gasteiger partial charge in [0.1, 0.15) is 5.82 Å². The summed E-state index contributed by atoms with van der Waals surface area (Å²) in [4.78, 5) is 0. The quantitative estimate of drug-likeness (QED) is 0.655. The van der Waals surface area contributed by atoms with Crippen LogP contribution in [-0.2, 0) is 6.42 Å². The van der Waals surface area contributed by atoms with Gasteiger partial charge < -0.3 is 0 Å². The van der Waals surface area contributed by atoms with E-state index in [4.69, 9.17) is 5.84 Å². The number of nitrogens with two attached hydrogens (primary N) is 1. The molecule has 0 amide bonds. The smallest absolute Gasteiger partial charge is 0.123 e. The zero-order valence-electron chi connectivity index (χ0n) is 8.93. The van der Waals surface area contributed by atoms with E-state index in [0.717, 1.165) is 10.0 Å². The van der Waals surface area contributed by atoms with E-state index < -0.39 is 0 Å². The third-order valence-corrected chi connectivity index (χ3v) is 3.24. The first kappa shape index (κ1) is 12.6. The Hall–Kier alpha value is -0.450. The van der Waals surface area contributed by atoms with E-state index in [1.807, 2.05) is 0 Å². The van der Waals surface area contributed by atoms with Crippen LogP contribution in [0.2, 0.25) is 0 Å². The lowest BCUT2D eigenvalue weighted by Gasteiger charge is -2.20. The maximum atomic E-state index is 13.0. The average molecular weight is 275 g/mol. The van der Waals surface area contributed by atoms with E-state index in [0.29, 0.717) is 12.3 Å². The van der Waals surface area contributed by atoms with Crippen molar-refractivity contribution in [2.24, 2.45) is 11.8 Å². The van der Waals surface area contributed by atoms with Gasteiger partial charge in [-0.05, 0) is 36.1 Å². The maximum Gasteiger partial charge on any atom is 0.123 e. The van der Waals surface area contributed by atoms with Crippen LogP contribution in [0, 0.1) is 11.7 Å². The lowest BCUT2D eigenvalue weighted by Crippen LogP contribution is -2.40. The summed E-state index contributed by atoms with van der Waals surface area (Å²) >= 11 is 3.40. The fourth-order valence-electron chi connectivity index (χ4n) is 1.42. The minimum Gasteiger partial charge on any atom is -0.271 e. The highest BCUT2D eigenvalue weighted by atomic mass is 79.9. The van der Waals surface area contributed by atoms with Crippen molar-refractivity contribution in [1.82, 2.24) is 5.43 Å². The molecule has 3 N–H and O–H groups in total. The van der Waals surface area contributed by atoms with Gasteiger partial charge >= 0.3 is 0 Å². The van der Waals surface area contributed by atoms with Crippen molar-refractivity contribution in [3.05, 3.63) is 34.1 Å². The molecule has 0 spiro atoms. The number of benzene rings is 1. The van der Waals surface area contributed by atoms with Crippen LogP contribution < -0.4 is 11.3 Å². The number of rotatable bonds is 4. The van der Waals surface area contributed by atoms with Gasteiger partial charge in [-0.15, -0.1) is 0 Å². The van der Waals surface area contributed by atoms with Crippen LogP contribution in [0.5, 0.6) is 0 Å². The Bertz CT molecular complexity index is 328. The van der Waals surface area contributed by atoms with Gasteiger partial charge in [-0.3, -0.25) is 11.3 Å². The molecule has 0 aliphatic rings. The summed E-state index contributed by atoms with van der Waals surface area (Å²) in [6.07, 6.45) is 0.715. The van der Waals surface area contributed by atoms with E-state index in [1.54, 1.807) is 6.07 Å². The molecule has 1 aromatic rings. The second-order valence-corrected chi connectivity index (χ2v) is 4.81. The van der Waals surface area contributed by atoms with Gasteiger partial charge in [0.2, 0.25) is 0 Å². The summed E-state index contributed by atoms with van der Waals surface area (Å²) < 4.78 is 14.0. The molecule has 0 bridgehead atoms. The molecule has 4 heteroatoms. The fraction of sp³-hybridized carbons (Fsp3) is 0.455. The van der Waals surface area contributed by atoms with E-state index in [1.165, 1.54) is 12.1 Å². The molecule has 0 aromatic heterocycles. The summed E-state index contributed by atoms with van der Waals surface area (Å²) in [7, 11) is 0. The summed E-state index contributed by atoms with van der Waals surface area (Å²) in [5.41, 5.74) is 3.69. The summed E-state index contributed by atoms with van der Waals surface area (Å²) in [5, 5.41) is 0. The van der Waals surface area contributed by atoms with Gasteiger partial charge in [0.15, 0.2) is 0 Å². The highest BCUT2D eigenvalue weighted by molar-refractivity contribution is 9.10. The van der Waals surface area contributed by atoms with E-state index in [-0.39, 0.29) is 11.9 Å². The predicted molar refractivity (Wildman–Crippen MR) is 63.8 cm³/mol. The third-order valence-electron chi connectivity index (χ3n) is 2.47. The number of hydrazine groups is 1. The van der Waals surface area contributed by atoms with Crippen LogP contribution in [0.4, 0.5) is 4.39 Å². The zero-order valence-corrected chi connectivity index (χ0v) is 10.5. The second kappa shape index (κ2) is 5.58. The minimum absolute atomic E-state index is 0.156. The lowest BCUT2D eigenvalue weighted by molar-refractivity contribution is 0.403. The Morgan fingerprint density at radius 2 is 2.13 bits per heavy atom. The van der Waals surface area contributed by atoms with Crippen molar-refractivity contribution in [2.75, 3.05) is 0 Å². The molecule has 1 unspecified atom stereocenters. The molecule has 2 nitrogen and oxygen atoms in total. The summed E-state index contributed by atoms with van der Waals surface area (Å²) in [6, 6.07) is 4.85. The SMILES string of the molecule is CC(C)C(Cc1cc(F)ccc1Br)NN. The highest BCUT2D eigenvalue weighted by Gasteiger charge is 2.14. The molecule has 0 aliphatic heterocycles. The molecule has 1 aromatic carbocycles. The fourth-order valence-corrected chi connectivity index (χ4v) is 1.83. The standard InChI is InChI=1S/C11H16BrFN2/c1-7(2)11(15-14)6-8-5-9(13)3-4-10(8)12/h3-5,7,11,15H,6,14H2,1-2H3. The average Bonchev–Trinajstić information content (AvgIpc) is 2.18. The largest absolute Gasteiger partial charge is 0.271 e. The van der Waals surface area contributed by atoms with Crippen molar-refractivity contribution in [3.8, 4) is 0 Å². The predicted octanol–water partition coefficient (Wildman–Crippen LogP) is 2.62. The molecular formula is C11H16BrFN2. The molecular weight excluding hydrogens is 259 g/mol. The normalized spacial score (nSPS) is 13.2. The van der Waals surface area contributed by atoms with Crippen molar-refractivity contribution in [2.45, 2.75) is 26.3 Å². The van der Waals surface area contributed by atoms with Gasteiger partial charge in [0.05, 0.1) is 0 Å². The van der Waals surface area contributed by atoms with Gasteiger partial charge in [-0.25, -0.2) is 4.39 Å². The number of halogens is 2. The molecule has 0 aliphatic carbocycles. The van der Waals surface area contributed by atoms with Gasteiger partial charge in [0, 0.05) is 10.5 Å². The van der Waals surface area contributed by atoms with E-state index in [2.05, 4.69) is 35.2 Å². The Morgan fingerprint density at radius 1 is 1.47 bits per heavy atom. The van der Waals surface area contributed by atoms with Crippen LogP contribution in [-0.4, -0.2) is 6.04 Å². The first-order valence-corrected chi connectivity index (χ1v) is 5.74. The number of nitrogens with one attached hydrogen (secondary N) is 1. The summed E-state index contributed by atoms with van der Waals surface area (Å²) in [6.45, 7) is 4.16. The first-order valence-electron chi connectivity index (χ1n) is 4.94. The number of hydrogen-bond donors (Lipinski definition) is 2. The molecule has 1 rings (SSSR count). The van der Waals surface area contributed by atoms with Crippen molar-refractivity contribution < 1.29 is 4.39 Å². The third kappa shape index (κ3) is 3.55. The van der Waals surface area contributed by atoms with Crippen LogP contribution in [0.1, 0.15) is 19.4 Å². The van der Waals surface area contributed by atoms with Crippen LogP contribution in [0.25, 0.3) is 0 Å². The first-order chi connectivity index (χ1) is 7.04. The lowest BCUT2D eigenvalue weighted by atomic mass is 9.97. The molecule has 0 saturated heterocycles. The van der Waals surface area contributed by atoms with Crippen LogP contribution >= 0.6 is 15.9 Å².